The highest BCUT2D eigenvalue weighted by atomic mass is 16.6. The number of hydrogen-bond donors (Lipinski definition) is 0. The highest BCUT2D eigenvalue weighted by Crippen LogP contribution is 2.12. The number of nitrogens with zero attached hydrogens (tertiary/aromatic N) is 1. The van der Waals surface area contributed by atoms with Gasteiger partial charge in [-0.1, -0.05) is 102 Å². The van der Waals surface area contributed by atoms with Crippen LogP contribution in [0.15, 0.2) is 36.5 Å². The fraction of sp³-hybridized carbons (Fsp3) is 0.769. The summed E-state index contributed by atoms with van der Waals surface area (Å²) in [5.41, 5.74) is 0. The fourth-order valence-corrected chi connectivity index (χ4v) is 5.04. The number of ether oxygens (including phenoxy) is 3. The zero-order valence-electron chi connectivity index (χ0n) is 30.7. The molecule has 0 saturated carbocycles. The van der Waals surface area contributed by atoms with Crippen LogP contribution in [0.3, 0.4) is 0 Å². The van der Waals surface area contributed by atoms with Gasteiger partial charge in [-0.3, -0.25) is 9.59 Å². The lowest BCUT2D eigenvalue weighted by Crippen LogP contribution is -2.55. The average Bonchev–Trinajstić information content (AvgIpc) is 3.01. The monoisotopic (exact) mass is 664 g/mol. The summed E-state index contributed by atoms with van der Waals surface area (Å²) in [5.74, 6) is -1.79. The van der Waals surface area contributed by atoms with Gasteiger partial charge in [-0.05, 0) is 57.8 Å². The van der Waals surface area contributed by atoms with E-state index >= 15 is 0 Å². The van der Waals surface area contributed by atoms with E-state index in [1.54, 1.807) is 21.1 Å². The summed E-state index contributed by atoms with van der Waals surface area (Å²) >= 11 is 0. The Kier molecular flexibility index (Phi) is 29.2. The molecule has 0 aromatic carbocycles. The normalized spacial score (nSPS) is 13.5. The molecule has 0 bridgehead atoms. The van der Waals surface area contributed by atoms with E-state index in [4.69, 9.17) is 14.2 Å². The maximum atomic E-state index is 12.6. The first kappa shape index (κ1) is 44.5. The molecule has 8 heteroatoms. The van der Waals surface area contributed by atoms with Crippen LogP contribution in [-0.2, 0) is 28.6 Å². The number of carboxylic acids is 1. The van der Waals surface area contributed by atoms with Crippen molar-refractivity contribution in [1.29, 1.82) is 0 Å². The molecule has 0 N–H and O–H groups in total. The van der Waals surface area contributed by atoms with Gasteiger partial charge in [0, 0.05) is 19.3 Å². The van der Waals surface area contributed by atoms with Gasteiger partial charge in [0.05, 0.1) is 40.3 Å². The van der Waals surface area contributed by atoms with Gasteiger partial charge in [0.25, 0.3) is 0 Å². The SMILES string of the molecule is CCCC/C=C/C=C/CCCCCC(=O)OCC(COCCC(C(=O)[O-])[N+](C)(C)C)OC(=O)CCCCCCC/C=C/CCCCC. The Morgan fingerprint density at radius 1 is 0.638 bits per heavy atom. The van der Waals surface area contributed by atoms with Crippen molar-refractivity contribution >= 4 is 17.9 Å². The molecule has 0 aromatic rings. The smallest absolute Gasteiger partial charge is 0.306 e. The highest BCUT2D eigenvalue weighted by molar-refractivity contribution is 5.70. The van der Waals surface area contributed by atoms with Crippen LogP contribution in [0.5, 0.6) is 0 Å². The van der Waals surface area contributed by atoms with Gasteiger partial charge in [-0.2, -0.15) is 0 Å². The van der Waals surface area contributed by atoms with Crippen LogP contribution in [-0.4, -0.2) is 75.5 Å². The Bertz CT molecular complexity index is 875. The quantitative estimate of drug-likeness (QED) is 0.0238. The van der Waals surface area contributed by atoms with Crippen molar-refractivity contribution in [2.75, 3.05) is 41.0 Å². The molecule has 0 radical (unpaired) electrons. The third-order valence-electron chi connectivity index (χ3n) is 8.03. The first-order valence-electron chi connectivity index (χ1n) is 18.5. The van der Waals surface area contributed by atoms with Gasteiger partial charge >= 0.3 is 11.9 Å². The number of rotatable bonds is 32. The number of esters is 2. The molecule has 2 atom stereocenters. The second-order valence-corrected chi connectivity index (χ2v) is 13.5. The molecule has 0 aliphatic carbocycles. The largest absolute Gasteiger partial charge is 0.544 e. The van der Waals surface area contributed by atoms with E-state index in [1.807, 2.05) is 0 Å². The second kappa shape index (κ2) is 30.9. The first-order chi connectivity index (χ1) is 22.6. The average molecular weight is 664 g/mol. The van der Waals surface area contributed by atoms with Crippen molar-refractivity contribution < 1.29 is 38.2 Å². The first-order valence-corrected chi connectivity index (χ1v) is 18.5. The van der Waals surface area contributed by atoms with E-state index in [9.17, 15) is 19.5 Å². The topological polar surface area (TPSA) is 102 Å². The van der Waals surface area contributed by atoms with Crippen molar-refractivity contribution in [1.82, 2.24) is 0 Å². The number of carboxylic acid groups (broad SMARTS) is 1. The van der Waals surface area contributed by atoms with Gasteiger partial charge in [0.15, 0.2) is 6.10 Å². The van der Waals surface area contributed by atoms with Gasteiger partial charge in [0.2, 0.25) is 0 Å². The van der Waals surface area contributed by atoms with Gasteiger partial charge in [-0.15, -0.1) is 0 Å². The predicted octanol–water partition coefficient (Wildman–Crippen LogP) is 7.79. The summed E-state index contributed by atoms with van der Waals surface area (Å²) < 4.78 is 17.0. The van der Waals surface area contributed by atoms with Gasteiger partial charge in [-0.25, -0.2) is 0 Å². The summed E-state index contributed by atoms with van der Waals surface area (Å²) in [6.07, 6.45) is 31.7. The molecule has 0 saturated heterocycles. The maximum Gasteiger partial charge on any atom is 0.306 e. The number of allylic oxidation sites excluding steroid dienone is 6. The zero-order valence-corrected chi connectivity index (χ0v) is 30.7. The number of unbranched alkanes of at least 4 members (excludes halogenated alkanes) is 13. The lowest BCUT2D eigenvalue weighted by Gasteiger charge is -2.34. The van der Waals surface area contributed by atoms with E-state index in [2.05, 4.69) is 50.3 Å². The Morgan fingerprint density at radius 2 is 1.15 bits per heavy atom. The Morgan fingerprint density at radius 3 is 1.74 bits per heavy atom. The Labute approximate surface area is 287 Å². The molecular formula is C39H69NO7. The van der Waals surface area contributed by atoms with E-state index < -0.39 is 18.1 Å². The molecule has 0 aliphatic rings. The molecule has 0 fully saturated rings. The van der Waals surface area contributed by atoms with Crippen LogP contribution in [0, 0.1) is 0 Å². The number of hydrogen-bond acceptors (Lipinski definition) is 7. The Balaban J connectivity index is 4.51. The van der Waals surface area contributed by atoms with Crippen LogP contribution in [0.4, 0.5) is 0 Å². The van der Waals surface area contributed by atoms with E-state index in [1.165, 1.54) is 44.9 Å². The maximum absolute atomic E-state index is 12.6. The molecule has 0 spiro atoms. The summed E-state index contributed by atoms with van der Waals surface area (Å²) in [6, 6.07) is -0.728. The van der Waals surface area contributed by atoms with Crippen molar-refractivity contribution in [3.05, 3.63) is 36.5 Å². The molecule has 0 aromatic heterocycles. The molecular weight excluding hydrogens is 594 g/mol. The minimum Gasteiger partial charge on any atom is -0.544 e. The minimum atomic E-state index is -1.13. The van der Waals surface area contributed by atoms with Crippen LogP contribution in [0.25, 0.3) is 0 Å². The molecule has 47 heavy (non-hydrogen) atoms. The van der Waals surface area contributed by atoms with E-state index in [-0.39, 0.29) is 42.7 Å². The summed E-state index contributed by atoms with van der Waals surface area (Å²) in [6.45, 7) is 4.52. The summed E-state index contributed by atoms with van der Waals surface area (Å²) in [7, 11) is 5.38. The minimum absolute atomic E-state index is 0.0289. The van der Waals surface area contributed by atoms with E-state index in [0.717, 1.165) is 64.2 Å². The summed E-state index contributed by atoms with van der Waals surface area (Å²) in [5, 5.41) is 11.6. The van der Waals surface area contributed by atoms with Crippen LogP contribution < -0.4 is 5.11 Å². The lowest BCUT2D eigenvalue weighted by atomic mass is 10.1. The van der Waals surface area contributed by atoms with Gasteiger partial charge < -0.3 is 28.6 Å². The Hall–Kier alpha value is -2.45. The number of likely N-dealkylation sites (N-methyl/N-ethyl adjacent to an activating group) is 1. The molecule has 272 valence electrons. The zero-order chi connectivity index (χ0) is 35.0. The van der Waals surface area contributed by atoms with E-state index in [0.29, 0.717) is 12.8 Å². The van der Waals surface area contributed by atoms with Crippen molar-refractivity contribution in [2.24, 2.45) is 0 Å². The van der Waals surface area contributed by atoms with Crippen molar-refractivity contribution in [2.45, 2.75) is 154 Å². The predicted molar refractivity (Wildman–Crippen MR) is 190 cm³/mol. The lowest BCUT2D eigenvalue weighted by molar-refractivity contribution is -0.889. The molecule has 0 aliphatic heterocycles. The number of carbonyl (C=O) groups excluding carboxylic acids is 3. The number of aliphatic carboxylic acids is 1. The molecule has 8 nitrogen and oxygen atoms in total. The second-order valence-electron chi connectivity index (χ2n) is 13.5. The fourth-order valence-electron chi connectivity index (χ4n) is 5.04. The van der Waals surface area contributed by atoms with Crippen LogP contribution in [0.2, 0.25) is 0 Å². The third kappa shape index (κ3) is 29.4. The van der Waals surface area contributed by atoms with Gasteiger partial charge in [0.1, 0.15) is 12.6 Å². The van der Waals surface area contributed by atoms with Crippen molar-refractivity contribution in [3.8, 4) is 0 Å². The third-order valence-corrected chi connectivity index (χ3v) is 8.03. The molecule has 0 rings (SSSR count). The van der Waals surface area contributed by atoms with Crippen LogP contribution in [0.1, 0.15) is 142 Å². The molecule has 2 unspecified atom stereocenters. The standard InChI is InChI=1S/C39H69NO7/c1-6-8-10-12-14-16-18-20-22-24-26-28-30-38(42)47-35(33-45-32-31-36(39(43)44)40(3,4)5)34-46-37(41)29-27-25-23-21-19-17-15-13-11-9-7-2/h13-17,19,35-36H,6-12,18,20-34H2,1-5H3/b15-13+,16-14+,19-17+. The summed E-state index contributed by atoms with van der Waals surface area (Å²) in [4.78, 5) is 36.5. The highest BCUT2D eigenvalue weighted by Gasteiger charge is 2.25. The van der Waals surface area contributed by atoms with Crippen molar-refractivity contribution in [3.63, 3.8) is 0 Å². The molecule has 0 heterocycles. The van der Waals surface area contributed by atoms with Crippen LogP contribution >= 0.6 is 0 Å². The number of carbonyl (C=O) groups is 3. The number of quaternary nitrogens is 1. The molecule has 0 amide bonds.